The maximum absolute atomic E-state index is 11.8. The number of amides is 2. The SMILES string of the molecule is CC(=O)N(CCON(C=O)c1cc(C)ccn1)NCc1ccccc1Cl. The molecule has 0 saturated heterocycles. The average Bonchev–Trinajstić information content (AvgIpc) is 2.62. The molecule has 0 radical (unpaired) electrons. The van der Waals surface area contributed by atoms with Crippen LogP contribution in [0.1, 0.15) is 18.1 Å². The lowest BCUT2D eigenvalue weighted by atomic mass is 10.2. The number of carbonyl (C=O) groups excluding carboxylic acids is 2. The van der Waals surface area contributed by atoms with Crippen molar-refractivity contribution in [3.63, 3.8) is 0 Å². The normalized spacial score (nSPS) is 10.4. The predicted octanol–water partition coefficient (Wildman–Crippen LogP) is 2.49. The zero-order valence-electron chi connectivity index (χ0n) is 14.7. The predicted molar refractivity (Wildman–Crippen MR) is 99.1 cm³/mol. The first-order chi connectivity index (χ1) is 12.5. The van der Waals surface area contributed by atoms with Crippen LogP contribution in [0, 0.1) is 6.92 Å². The number of halogens is 1. The Kier molecular flexibility index (Phi) is 7.53. The molecule has 0 bridgehead atoms. The zero-order valence-corrected chi connectivity index (χ0v) is 15.4. The van der Waals surface area contributed by atoms with Gasteiger partial charge in [0.2, 0.25) is 12.3 Å². The maximum Gasteiger partial charge on any atom is 0.239 e. The van der Waals surface area contributed by atoms with Crippen molar-refractivity contribution in [2.75, 3.05) is 18.2 Å². The minimum atomic E-state index is -0.174. The van der Waals surface area contributed by atoms with Crippen LogP contribution in [0.5, 0.6) is 0 Å². The fraction of sp³-hybridized carbons (Fsp3) is 0.278. The number of hydrogen-bond acceptors (Lipinski definition) is 5. The van der Waals surface area contributed by atoms with Gasteiger partial charge in [0.25, 0.3) is 0 Å². The monoisotopic (exact) mass is 376 g/mol. The lowest BCUT2D eigenvalue weighted by molar-refractivity contribution is -0.133. The number of aryl methyl sites for hydroxylation is 1. The Labute approximate surface area is 157 Å². The molecule has 0 spiro atoms. The fourth-order valence-electron chi connectivity index (χ4n) is 2.19. The van der Waals surface area contributed by atoms with Gasteiger partial charge < -0.3 is 0 Å². The summed E-state index contributed by atoms with van der Waals surface area (Å²) in [5.41, 5.74) is 4.84. The summed E-state index contributed by atoms with van der Waals surface area (Å²) in [5, 5.41) is 3.08. The van der Waals surface area contributed by atoms with E-state index in [1.165, 1.54) is 11.9 Å². The summed E-state index contributed by atoms with van der Waals surface area (Å²) in [5.74, 6) is 0.213. The van der Waals surface area contributed by atoms with E-state index < -0.39 is 0 Å². The van der Waals surface area contributed by atoms with Gasteiger partial charge in [0.05, 0.1) is 13.2 Å². The molecule has 0 aliphatic heterocycles. The lowest BCUT2D eigenvalue weighted by Crippen LogP contribution is -2.44. The first-order valence-electron chi connectivity index (χ1n) is 8.06. The Morgan fingerprint density at radius 1 is 1.35 bits per heavy atom. The quantitative estimate of drug-likeness (QED) is 0.537. The van der Waals surface area contributed by atoms with E-state index in [1.807, 2.05) is 31.2 Å². The molecule has 1 heterocycles. The second-order valence-electron chi connectivity index (χ2n) is 5.55. The Hall–Kier alpha value is -2.48. The van der Waals surface area contributed by atoms with Crippen molar-refractivity contribution in [3.8, 4) is 0 Å². The van der Waals surface area contributed by atoms with Gasteiger partial charge in [0.1, 0.15) is 0 Å². The van der Waals surface area contributed by atoms with Gasteiger partial charge in [0, 0.05) is 24.7 Å². The highest BCUT2D eigenvalue weighted by molar-refractivity contribution is 6.31. The second-order valence-corrected chi connectivity index (χ2v) is 5.96. The molecular formula is C18H21ClN4O3. The highest BCUT2D eigenvalue weighted by atomic mass is 35.5. The highest BCUT2D eigenvalue weighted by Crippen LogP contribution is 2.14. The van der Waals surface area contributed by atoms with E-state index in [4.69, 9.17) is 16.4 Å². The van der Waals surface area contributed by atoms with Gasteiger partial charge in [-0.2, -0.15) is 5.06 Å². The molecule has 1 N–H and O–H groups in total. The van der Waals surface area contributed by atoms with Crippen LogP contribution in [0.25, 0.3) is 0 Å². The second kappa shape index (κ2) is 9.86. The topological polar surface area (TPSA) is 74.8 Å². The summed E-state index contributed by atoms with van der Waals surface area (Å²) in [7, 11) is 0. The van der Waals surface area contributed by atoms with E-state index in [2.05, 4.69) is 10.4 Å². The van der Waals surface area contributed by atoms with Crippen molar-refractivity contribution in [2.24, 2.45) is 0 Å². The number of nitrogens with zero attached hydrogens (tertiary/aromatic N) is 3. The number of carbonyl (C=O) groups is 2. The van der Waals surface area contributed by atoms with Gasteiger partial charge >= 0.3 is 0 Å². The van der Waals surface area contributed by atoms with E-state index in [-0.39, 0.29) is 19.1 Å². The van der Waals surface area contributed by atoms with Crippen molar-refractivity contribution in [1.29, 1.82) is 0 Å². The molecule has 1 aromatic heterocycles. The summed E-state index contributed by atoms with van der Waals surface area (Å²) in [6.45, 7) is 4.10. The van der Waals surface area contributed by atoms with Crippen molar-refractivity contribution >= 4 is 29.7 Å². The standard InChI is InChI=1S/C18H21ClN4O3/c1-14-7-8-20-18(11-14)23(13-24)26-10-9-22(15(2)25)21-12-16-5-3-4-6-17(16)19/h3-8,11,13,21H,9-10,12H2,1-2H3. The summed E-state index contributed by atoms with van der Waals surface area (Å²) < 4.78 is 0. The molecule has 0 fully saturated rings. The van der Waals surface area contributed by atoms with E-state index >= 15 is 0 Å². The van der Waals surface area contributed by atoms with Crippen molar-refractivity contribution in [2.45, 2.75) is 20.4 Å². The Morgan fingerprint density at radius 2 is 2.12 bits per heavy atom. The molecule has 7 nitrogen and oxygen atoms in total. The summed E-state index contributed by atoms with van der Waals surface area (Å²) in [6, 6.07) is 10.9. The van der Waals surface area contributed by atoms with E-state index in [9.17, 15) is 9.59 Å². The number of benzene rings is 1. The molecule has 2 rings (SSSR count). The van der Waals surface area contributed by atoms with Crippen LogP contribution >= 0.6 is 11.6 Å². The first kappa shape index (κ1) is 19.8. The molecule has 0 atom stereocenters. The van der Waals surface area contributed by atoms with E-state index in [0.717, 1.165) is 16.2 Å². The number of aromatic nitrogens is 1. The van der Waals surface area contributed by atoms with Crippen LogP contribution in [-0.4, -0.2) is 35.5 Å². The third-order valence-corrected chi connectivity index (χ3v) is 3.93. The maximum atomic E-state index is 11.8. The molecule has 2 amide bonds. The molecular weight excluding hydrogens is 356 g/mol. The Bertz CT molecular complexity index is 757. The molecule has 26 heavy (non-hydrogen) atoms. The molecule has 2 aromatic rings. The van der Waals surface area contributed by atoms with Crippen molar-refractivity contribution in [1.82, 2.24) is 15.4 Å². The van der Waals surface area contributed by atoms with Gasteiger partial charge in [-0.25, -0.2) is 10.4 Å². The van der Waals surface area contributed by atoms with Crippen LogP contribution < -0.4 is 10.5 Å². The number of hydrogen-bond donors (Lipinski definition) is 1. The average molecular weight is 377 g/mol. The summed E-state index contributed by atoms with van der Waals surface area (Å²) in [6.07, 6.45) is 2.13. The Morgan fingerprint density at radius 3 is 2.77 bits per heavy atom. The zero-order chi connectivity index (χ0) is 18.9. The number of hydrazine groups is 1. The fourth-order valence-corrected chi connectivity index (χ4v) is 2.39. The Balaban J connectivity index is 1.88. The molecule has 0 unspecified atom stereocenters. The molecule has 8 heteroatoms. The van der Waals surface area contributed by atoms with Crippen LogP contribution in [0.2, 0.25) is 5.02 Å². The van der Waals surface area contributed by atoms with Gasteiger partial charge in [0.15, 0.2) is 5.82 Å². The number of hydroxylamine groups is 1. The third kappa shape index (κ3) is 5.80. The van der Waals surface area contributed by atoms with Gasteiger partial charge in [-0.3, -0.25) is 19.4 Å². The first-order valence-corrected chi connectivity index (χ1v) is 8.44. The largest absolute Gasteiger partial charge is 0.276 e. The number of pyridine rings is 1. The molecule has 1 aromatic carbocycles. The molecule has 0 aliphatic rings. The number of nitrogens with one attached hydrogen (secondary N) is 1. The number of anilines is 1. The van der Waals surface area contributed by atoms with Crippen molar-refractivity contribution in [3.05, 3.63) is 58.7 Å². The molecule has 0 aliphatic carbocycles. The number of rotatable bonds is 9. The third-order valence-electron chi connectivity index (χ3n) is 3.57. The van der Waals surface area contributed by atoms with Gasteiger partial charge in [-0.05, 0) is 36.2 Å². The molecule has 138 valence electrons. The van der Waals surface area contributed by atoms with Crippen LogP contribution in [-0.2, 0) is 21.0 Å². The summed E-state index contributed by atoms with van der Waals surface area (Å²) >= 11 is 6.11. The van der Waals surface area contributed by atoms with Crippen LogP contribution in [0.3, 0.4) is 0 Å². The van der Waals surface area contributed by atoms with Crippen LogP contribution in [0.15, 0.2) is 42.6 Å². The van der Waals surface area contributed by atoms with Gasteiger partial charge in [-0.1, -0.05) is 29.8 Å². The van der Waals surface area contributed by atoms with E-state index in [0.29, 0.717) is 23.8 Å². The van der Waals surface area contributed by atoms with E-state index in [1.54, 1.807) is 18.3 Å². The van der Waals surface area contributed by atoms with Crippen LogP contribution in [0.4, 0.5) is 5.82 Å². The van der Waals surface area contributed by atoms with Crippen molar-refractivity contribution < 1.29 is 14.4 Å². The van der Waals surface area contributed by atoms with Gasteiger partial charge in [-0.15, -0.1) is 0 Å². The minimum absolute atomic E-state index is 0.115. The molecule has 0 saturated carbocycles. The summed E-state index contributed by atoms with van der Waals surface area (Å²) in [4.78, 5) is 32.5. The highest BCUT2D eigenvalue weighted by Gasteiger charge is 2.12. The minimum Gasteiger partial charge on any atom is -0.276 e. The lowest BCUT2D eigenvalue weighted by Gasteiger charge is -2.23. The smallest absolute Gasteiger partial charge is 0.239 e.